The predicted octanol–water partition coefficient (Wildman–Crippen LogP) is -0.335. The highest BCUT2D eigenvalue weighted by Gasteiger charge is 2.18. The number of piperazine rings is 1. The minimum atomic E-state index is 0.125. The van der Waals surface area contributed by atoms with Gasteiger partial charge >= 0.3 is 0 Å². The smallest absolute Gasteiger partial charge is 0.246 e. The Labute approximate surface area is 85.3 Å². The Balaban J connectivity index is 2.31. The van der Waals surface area contributed by atoms with E-state index in [0.717, 1.165) is 32.7 Å². The van der Waals surface area contributed by atoms with Gasteiger partial charge in [-0.3, -0.25) is 9.69 Å². The van der Waals surface area contributed by atoms with Crippen molar-refractivity contribution in [3.05, 3.63) is 12.2 Å². The van der Waals surface area contributed by atoms with Crippen molar-refractivity contribution in [1.29, 1.82) is 0 Å². The second-order valence-corrected chi connectivity index (χ2v) is 3.46. The van der Waals surface area contributed by atoms with Crippen molar-refractivity contribution in [3.63, 3.8) is 0 Å². The standard InChI is InChI=1S/C10H19N3O/c1-2-3-10(14)13-8-6-12(5-4-11)7-9-13/h2-3H,4-9,11H2,1H3/b3-2+. The van der Waals surface area contributed by atoms with Crippen LogP contribution in [0, 0.1) is 0 Å². The number of carbonyl (C=O) groups excluding carboxylic acids is 1. The molecular formula is C10H19N3O. The van der Waals surface area contributed by atoms with Crippen LogP contribution >= 0.6 is 0 Å². The molecule has 4 nitrogen and oxygen atoms in total. The predicted molar refractivity (Wildman–Crippen MR) is 56.9 cm³/mol. The van der Waals surface area contributed by atoms with Gasteiger partial charge in [0.25, 0.3) is 0 Å². The third kappa shape index (κ3) is 3.12. The first-order valence-corrected chi connectivity index (χ1v) is 5.12. The van der Waals surface area contributed by atoms with Gasteiger partial charge in [0.1, 0.15) is 0 Å². The summed E-state index contributed by atoms with van der Waals surface area (Å²) in [7, 11) is 0. The molecule has 1 heterocycles. The highest BCUT2D eigenvalue weighted by molar-refractivity contribution is 5.87. The van der Waals surface area contributed by atoms with Crippen molar-refractivity contribution in [1.82, 2.24) is 9.80 Å². The fourth-order valence-electron chi connectivity index (χ4n) is 1.62. The van der Waals surface area contributed by atoms with Gasteiger partial charge in [-0.2, -0.15) is 0 Å². The summed E-state index contributed by atoms with van der Waals surface area (Å²) in [5, 5.41) is 0. The van der Waals surface area contributed by atoms with E-state index >= 15 is 0 Å². The van der Waals surface area contributed by atoms with Gasteiger partial charge in [0.05, 0.1) is 0 Å². The van der Waals surface area contributed by atoms with E-state index in [2.05, 4.69) is 4.90 Å². The fraction of sp³-hybridized carbons (Fsp3) is 0.700. The molecule has 2 N–H and O–H groups in total. The maximum atomic E-state index is 11.5. The van der Waals surface area contributed by atoms with Gasteiger partial charge < -0.3 is 10.6 Å². The van der Waals surface area contributed by atoms with Crippen LogP contribution in [-0.4, -0.2) is 55.0 Å². The van der Waals surface area contributed by atoms with E-state index in [1.54, 1.807) is 12.2 Å². The Kier molecular flexibility index (Phi) is 4.62. The zero-order valence-electron chi connectivity index (χ0n) is 8.78. The normalized spacial score (nSPS) is 19.1. The average molecular weight is 197 g/mol. The monoisotopic (exact) mass is 197 g/mol. The molecule has 0 atom stereocenters. The number of amides is 1. The number of hydrogen-bond acceptors (Lipinski definition) is 3. The first kappa shape index (κ1) is 11.2. The minimum Gasteiger partial charge on any atom is -0.337 e. The first-order chi connectivity index (χ1) is 6.77. The largest absolute Gasteiger partial charge is 0.337 e. The summed E-state index contributed by atoms with van der Waals surface area (Å²) in [6.07, 6.45) is 3.41. The number of allylic oxidation sites excluding steroid dienone is 1. The van der Waals surface area contributed by atoms with Crippen LogP contribution < -0.4 is 5.73 Å². The fourth-order valence-corrected chi connectivity index (χ4v) is 1.62. The first-order valence-electron chi connectivity index (χ1n) is 5.12. The molecule has 1 rings (SSSR count). The lowest BCUT2D eigenvalue weighted by Gasteiger charge is -2.33. The van der Waals surface area contributed by atoms with E-state index in [4.69, 9.17) is 5.73 Å². The molecule has 0 aromatic carbocycles. The van der Waals surface area contributed by atoms with Crippen LogP contribution in [0.5, 0.6) is 0 Å². The molecule has 14 heavy (non-hydrogen) atoms. The molecule has 1 amide bonds. The van der Waals surface area contributed by atoms with E-state index in [1.807, 2.05) is 11.8 Å². The Hall–Kier alpha value is -0.870. The summed E-state index contributed by atoms with van der Waals surface area (Å²) in [5.41, 5.74) is 5.47. The average Bonchev–Trinajstić information content (AvgIpc) is 2.20. The number of carbonyl (C=O) groups is 1. The topological polar surface area (TPSA) is 49.6 Å². The van der Waals surface area contributed by atoms with E-state index in [1.165, 1.54) is 0 Å². The van der Waals surface area contributed by atoms with E-state index in [9.17, 15) is 4.79 Å². The Morgan fingerprint density at radius 3 is 2.50 bits per heavy atom. The zero-order chi connectivity index (χ0) is 10.4. The molecular weight excluding hydrogens is 178 g/mol. The zero-order valence-corrected chi connectivity index (χ0v) is 8.78. The van der Waals surface area contributed by atoms with Crippen LogP contribution in [0.15, 0.2) is 12.2 Å². The summed E-state index contributed by atoms with van der Waals surface area (Å²) >= 11 is 0. The molecule has 0 bridgehead atoms. The maximum Gasteiger partial charge on any atom is 0.246 e. The molecule has 0 aromatic heterocycles. The molecule has 1 aliphatic rings. The summed E-state index contributed by atoms with van der Waals surface area (Å²) in [4.78, 5) is 15.6. The molecule has 0 radical (unpaired) electrons. The Morgan fingerprint density at radius 1 is 1.36 bits per heavy atom. The van der Waals surface area contributed by atoms with Crippen molar-refractivity contribution in [3.8, 4) is 0 Å². The van der Waals surface area contributed by atoms with Crippen molar-refractivity contribution < 1.29 is 4.79 Å². The summed E-state index contributed by atoms with van der Waals surface area (Å²) in [6, 6.07) is 0. The SMILES string of the molecule is C/C=C/C(=O)N1CCN(CCN)CC1. The molecule has 1 saturated heterocycles. The van der Waals surface area contributed by atoms with Crippen molar-refractivity contribution in [2.45, 2.75) is 6.92 Å². The molecule has 1 aliphatic heterocycles. The van der Waals surface area contributed by atoms with Crippen LogP contribution in [0.25, 0.3) is 0 Å². The van der Waals surface area contributed by atoms with Gasteiger partial charge in [-0.15, -0.1) is 0 Å². The third-order valence-corrected chi connectivity index (χ3v) is 2.44. The molecule has 0 spiro atoms. The second-order valence-electron chi connectivity index (χ2n) is 3.46. The van der Waals surface area contributed by atoms with Crippen molar-refractivity contribution in [2.75, 3.05) is 39.3 Å². The summed E-state index contributed by atoms with van der Waals surface area (Å²) < 4.78 is 0. The second kappa shape index (κ2) is 5.78. The van der Waals surface area contributed by atoms with E-state index in [-0.39, 0.29) is 5.91 Å². The third-order valence-electron chi connectivity index (χ3n) is 2.44. The number of rotatable bonds is 3. The lowest BCUT2D eigenvalue weighted by Crippen LogP contribution is -2.49. The van der Waals surface area contributed by atoms with Crippen molar-refractivity contribution >= 4 is 5.91 Å². The molecule has 0 unspecified atom stereocenters. The van der Waals surface area contributed by atoms with Crippen LogP contribution in [0.1, 0.15) is 6.92 Å². The number of nitrogens with two attached hydrogens (primary N) is 1. The quantitative estimate of drug-likeness (QED) is 0.630. The lowest BCUT2D eigenvalue weighted by atomic mass is 10.3. The lowest BCUT2D eigenvalue weighted by molar-refractivity contribution is -0.127. The highest BCUT2D eigenvalue weighted by Crippen LogP contribution is 2.01. The summed E-state index contributed by atoms with van der Waals surface area (Å²) in [6.45, 7) is 7.03. The minimum absolute atomic E-state index is 0.125. The van der Waals surface area contributed by atoms with Gasteiger partial charge in [0, 0.05) is 39.3 Å². The maximum absolute atomic E-state index is 11.5. The summed E-state index contributed by atoms with van der Waals surface area (Å²) in [5.74, 6) is 0.125. The Morgan fingerprint density at radius 2 is 2.00 bits per heavy atom. The molecule has 1 fully saturated rings. The molecule has 0 aliphatic carbocycles. The van der Waals surface area contributed by atoms with E-state index < -0.39 is 0 Å². The van der Waals surface area contributed by atoms with Crippen LogP contribution in [0.3, 0.4) is 0 Å². The molecule has 80 valence electrons. The number of nitrogens with zero attached hydrogens (tertiary/aromatic N) is 2. The molecule has 4 heteroatoms. The van der Waals surface area contributed by atoms with Gasteiger partial charge in [-0.25, -0.2) is 0 Å². The van der Waals surface area contributed by atoms with Crippen LogP contribution in [-0.2, 0) is 4.79 Å². The van der Waals surface area contributed by atoms with E-state index in [0.29, 0.717) is 6.54 Å². The van der Waals surface area contributed by atoms with Gasteiger partial charge in [0.2, 0.25) is 5.91 Å². The van der Waals surface area contributed by atoms with Gasteiger partial charge in [-0.1, -0.05) is 6.08 Å². The highest BCUT2D eigenvalue weighted by atomic mass is 16.2. The number of hydrogen-bond donors (Lipinski definition) is 1. The van der Waals surface area contributed by atoms with Gasteiger partial charge in [0.15, 0.2) is 0 Å². The van der Waals surface area contributed by atoms with Gasteiger partial charge in [-0.05, 0) is 13.0 Å². The molecule has 0 saturated carbocycles. The van der Waals surface area contributed by atoms with Crippen LogP contribution in [0.2, 0.25) is 0 Å². The van der Waals surface area contributed by atoms with Crippen molar-refractivity contribution in [2.24, 2.45) is 5.73 Å². The van der Waals surface area contributed by atoms with Crippen LogP contribution in [0.4, 0.5) is 0 Å². The molecule has 0 aromatic rings. The Bertz CT molecular complexity index is 207.